The van der Waals surface area contributed by atoms with Gasteiger partial charge in [0.25, 0.3) is 0 Å². The molecule has 5 nitrogen and oxygen atoms in total. The average molecular weight is 240 g/mol. The van der Waals surface area contributed by atoms with Crippen LogP contribution in [0.3, 0.4) is 0 Å². The Morgan fingerprint density at radius 2 is 2.12 bits per heavy atom. The summed E-state index contributed by atoms with van der Waals surface area (Å²) >= 11 is 0. The summed E-state index contributed by atoms with van der Waals surface area (Å²) in [5.74, 6) is -1.44. The van der Waals surface area contributed by atoms with E-state index in [0.29, 0.717) is 0 Å². The van der Waals surface area contributed by atoms with Crippen molar-refractivity contribution in [3.05, 3.63) is 28.4 Å². The summed E-state index contributed by atoms with van der Waals surface area (Å²) < 4.78 is 17.9. The van der Waals surface area contributed by atoms with E-state index in [1.165, 1.54) is 7.11 Å². The van der Waals surface area contributed by atoms with E-state index in [1.54, 1.807) is 0 Å². The topological polar surface area (TPSA) is 67.8 Å². The van der Waals surface area contributed by atoms with Gasteiger partial charge in [-0.15, -0.1) is 4.91 Å². The third kappa shape index (κ3) is 2.99. The van der Waals surface area contributed by atoms with Gasteiger partial charge in [0.05, 0.1) is 18.4 Å². The van der Waals surface area contributed by atoms with E-state index in [2.05, 4.69) is 15.2 Å². The molecule has 0 saturated carbocycles. The zero-order valence-electron chi connectivity index (χ0n) is 9.78. The highest BCUT2D eigenvalue weighted by Crippen LogP contribution is 2.27. The number of hydrogen-bond acceptors (Lipinski definition) is 5. The molecule has 1 rings (SSSR count). The highest BCUT2D eigenvalue weighted by Gasteiger charge is 2.17. The predicted molar refractivity (Wildman–Crippen MR) is 62.0 cm³/mol. The maximum atomic E-state index is 13.4. The van der Waals surface area contributed by atoms with Crippen molar-refractivity contribution in [3.63, 3.8) is 0 Å². The Balaban J connectivity index is 3.30. The number of nitroso groups, excluding NO2 is 1. The van der Waals surface area contributed by atoms with Gasteiger partial charge in [0.15, 0.2) is 5.82 Å². The van der Waals surface area contributed by atoms with Crippen LogP contribution >= 0.6 is 0 Å². The summed E-state index contributed by atoms with van der Waals surface area (Å²) in [6, 6.07) is 2.13. The number of esters is 1. The van der Waals surface area contributed by atoms with Crippen LogP contribution in [0.25, 0.3) is 0 Å². The molecule has 1 aromatic rings. The van der Waals surface area contributed by atoms with E-state index < -0.39 is 17.5 Å². The Bertz CT molecular complexity index is 447. The molecule has 0 atom stereocenters. The van der Waals surface area contributed by atoms with Crippen LogP contribution in [0.15, 0.2) is 17.3 Å². The van der Waals surface area contributed by atoms with E-state index in [4.69, 9.17) is 0 Å². The summed E-state index contributed by atoms with van der Waals surface area (Å²) in [6.07, 6.45) is 0. The molecule has 0 amide bonds. The van der Waals surface area contributed by atoms with Crippen LogP contribution in [0, 0.1) is 10.7 Å². The maximum absolute atomic E-state index is 13.4. The molecule has 0 saturated heterocycles. The Kier molecular flexibility index (Phi) is 4.14. The Hall–Kier alpha value is -1.98. The number of hydrogen-bond donors (Lipinski definition) is 1. The number of halogens is 1. The van der Waals surface area contributed by atoms with E-state index in [0.717, 1.165) is 12.1 Å². The van der Waals surface area contributed by atoms with Gasteiger partial charge in [-0.25, -0.2) is 9.18 Å². The van der Waals surface area contributed by atoms with Crippen molar-refractivity contribution in [1.29, 1.82) is 0 Å². The number of nitrogens with zero attached hydrogens (tertiary/aromatic N) is 1. The summed E-state index contributed by atoms with van der Waals surface area (Å²) in [7, 11) is 1.21. The average Bonchev–Trinajstić information content (AvgIpc) is 2.27. The Morgan fingerprint density at radius 3 is 2.59 bits per heavy atom. The molecule has 0 radical (unpaired) electrons. The van der Waals surface area contributed by atoms with Gasteiger partial charge in [0, 0.05) is 12.1 Å². The summed E-state index contributed by atoms with van der Waals surface area (Å²) in [5.41, 5.74) is -0.0614. The first-order valence-corrected chi connectivity index (χ1v) is 5.01. The number of carbonyl (C=O) groups excluding carboxylic acids is 1. The van der Waals surface area contributed by atoms with Gasteiger partial charge >= 0.3 is 5.97 Å². The van der Waals surface area contributed by atoms with Gasteiger partial charge in [-0.3, -0.25) is 0 Å². The van der Waals surface area contributed by atoms with Crippen molar-refractivity contribution < 1.29 is 13.9 Å². The van der Waals surface area contributed by atoms with Gasteiger partial charge in [0.1, 0.15) is 5.69 Å². The quantitative estimate of drug-likeness (QED) is 0.649. The molecule has 0 heterocycles. The lowest BCUT2D eigenvalue weighted by Crippen LogP contribution is -2.14. The molecular weight excluding hydrogens is 227 g/mol. The van der Waals surface area contributed by atoms with Crippen molar-refractivity contribution >= 4 is 17.3 Å². The lowest BCUT2D eigenvalue weighted by atomic mass is 10.1. The van der Waals surface area contributed by atoms with E-state index in [-0.39, 0.29) is 17.3 Å². The van der Waals surface area contributed by atoms with Crippen LogP contribution in [0.1, 0.15) is 24.2 Å². The Labute approximate surface area is 97.9 Å². The highest BCUT2D eigenvalue weighted by molar-refractivity contribution is 5.96. The fourth-order valence-corrected chi connectivity index (χ4v) is 1.34. The van der Waals surface area contributed by atoms with Crippen LogP contribution in [0.5, 0.6) is 0 Å². The molecule has 92 valence electrons. The van der Waals surface area contributed by atoms with Crippen molar-refractivity contribution in [2.45, 2.75) is 19.9 Å². The number of nitrogens with one attached hydrogen (secondary N) is 1. The monoisotopic (exact) mass is 240 g/mol. The molecule has 6 heteroatoms. The predicted octanol–water partition coefficient (Wildman–Crippen LogP) is 2.83. The van der Waals surface area contributed by atoms with Gasteiger partial charge in [-0.2, -0.15) is 0 Å². The number of carbonyl (C=O) groups is 1. The lowest BCUT2D eigenvalue weighted by molar-refractivity contribution is 0.0602. The first-order valence-electron chi connectivity index (χ1n) is 5.01. The fourth-order valence-electron chi connectivity index (χ4n) is 1.34. The third-order valence-corrected chi connectivity index (χ3v) is 2.03. The molecule has 0 bridgehead atoms. The molecule has 17 heavy (non-hydrogen) atoms. The van der Waals surface area contributed by atoms with E-state index in [1.807, 2.05) is 13.8 Å². The molecule has 0 aliphatic rings. The highest BCUT2D eigenvalue weighted by atomic mass is 19.1. The van der Waals surface area contributed by atoms with Gasteiger partial charge < -0.3 is 10.1 Å². The molecule has 1 N–H and O–H groups in total. The van der Waals surface area contributed by atoms with Crippen molar-refractivity contribution in [1.82, 2.24) is 0 Å². The Morgan fingerprint density at radius 1 is 1.47 bits per heavy atom. The van der Waals surface area contributed by atoms with Crippen LogP contribution in [0.2, 0.25) is 0 Å². The molecule has 0 aliphatic carbocycles. The number of methoxy groups -OCH3 is 1. The van der Waals surface area contributed by atoms with Crippen molar-refractivity contribution in [3.8, 4) is 0 Å². The number of anilines is 1. The summed E-state index contributed by atoms with van der Waals surface area (Å²) in [5, 5.41) is 5.40. The van der Waals surface area contributed by atoms with Crippen molar-refractivity contribution in [2.24, 2.45) is 5.18 Å². The SMILES string of the molecule is COC(=O)c1cc(N=O)c(F)cc1NC(C)C. The van der Waals surface area contributed by atoms with Crippen LogP contribution < -0.4 is 5.32 Å². The molecule has 0 aromatic heterocycles. The minimum atomic E-state index is -0.782. The van der Waals surface area contributed by atoms with E-state index in [9.17, 15) is 14.1 Å². The van der Waals surface area contributed by atoms with E-state index >= 15 is 0 Å². The summed E-state index contributed by atoms with van der Waals surface area (Å²) in [6.45, 7) is 3.68. The standard InChI is InChI=1S/C11H13FN2O3/c1-6(2)13-9-5-8(12)10(14-16)4-7(9)11(15)17-3/h4-6,13H,1-3H3. The van der Waals surface area contributed by atoms with Gasteiger partial charge in [0.2, 0.25) is 0 Å². The summed E-state index contributed by atoms with van der Waals surface area (Å²) in [4.78, 5) is 21.8. The molecule has 0 aliphatic heterocycles. The second kappa shape index (κ2) is 5.38. The molecule has 0 fully saturated rings. The third-order valence-electron chi connectivity index (χ3n) is 2.03. The van der Waals surface area contributed by atoms with Gasteiger partial charge in [-0.05, 0) is 25.1 Å². The second-order valence-corrected chi connectivity index (χ2v) is 3.73. The minimum Gasteiger partial charge on any atom is -0.465 e. The number of rotatable bonds is 4. The van der Waals surface area contributed by atoms with Crippen LogP contribution in [-0.2, 0) is 4.74 Å². The minimum absolute atomic E-state index is 0.00727. The fraction of sp³-hybridized carbons (Fsp3) is 0.364. The zero-order chi connectivity index (χ0) is 13.0. The van der Waals surface area contributed by atoms with Gasteiger partial charge in [-0.1, -0.05) is 0 Å². The normalized spacial score (nSPS) is 10.2. The maximum Gasteiger partial charge on any atom is 0.340 e. The molecule has 0 unspecified atom stereocenters. The number of ether oxygens (including phenoxy) is 1. The molecule has 0 spiro atoms. The zero-order valence-corrected chi connectivity index (χ0v) is 9.78. The van der Waals surface area contributed by atoms with Crippen molar-refractivity contribution in [2.75, 3.05) is 12.4 Å². The van der Waals surface area contributed by atoms with Crippen LogP contribution in [-0.4, -0.2) is 19.1 Å². The first-order chi connectivity index (χ1) is 7.99. The largest absolute Gasteiger partial charge is 0.465 e. The number of benzene rings is 1. The second-order valence-electron chi connectivity index (χ2n) is 3.73. The molecular formula is C11H13FN2O3. The smallest absolute Gasteiger partial charge is 0.340 e. The first kappa shape index (κ1) is 13.1. The lowest BCUT2D eigenvalue weighted by Gasteiger charge is -2.14. The molecule has 1 aromatic carbocycles. The van der Waals surface area contributed by atoms with Crippen LogP contribution in [0.4, 0.5) is 15.8 Å².